The second kappa shape index (κ2) is 6.44. The number of hydrogen-bond acceptors (Lipinski definition) is 2. The van der Waals surface area contributed by atoms with Gasteiger partial charge in [0.1, 0.15) is 5.82 Å². The van der Waals surface area contributed by atoms with Crippen LogP contribution >= 0.6 is 15.9 Å². The second-order valence-corrected chi connectivity index (χ2v) is 6.92. The molecule has 1 heterocycles. The lowest BCUT2D eigenvalue weighted by Crippen LogP contribution is -2.40. The first kappa shape index (κ1) is 15.0. The molecule has 21 heavy (non-hydrogen) atoms. The Balaban J connectivity index is 1.75. The molecule has 1 saturated carbocycles. The van der Waals surface area contributed by atoms with Gasteiger partial charge in [0.05, 0.1) is 5.56 Å². The van der Waals surface area contributed by atoms with Gasteiger partial charge in [-0.15, -0.1) is 0 Å². The van der Waals surface area contributed by atoms with Crippen molar-refractivity contribution >= 4 is 21.8 Å². The van der Waals surface area contributed by atoms with Gasteiger partial charge >= 0.3 is 0 Å². The molecule has 0 aromatic heterocycles. The number of nitrogens with zero attached hydrogens (tertiary/aromatic N) is 1. The number of carbonyl (C=O) groups is 1. The molecule has 0 radical (unpaired) electrons. The van der Waals surface area contributed by atoms with Gasteiger partial charge < -0.3 is 10.2 Å². The number of amides is 1. The van der Waals surface area contributed by atoms with E-state index in [0.717, 1.165) is 45.3 Å². The highest BCUT2D eigenvalue weighted by molar-refractivity contribution is 9.10. The van der Waals surface area contributed by atoms with Crippen LogP contribution < -0.4 is 5.32 Å². The average Bonchev–Trinajstić information content (AvgIpc) is 3.30. The zero-order valence-corrected chi connectivity index (χ0v) is 13.5. The van der Waals surface area contributed by atoms with Gasteiger partial charge in [0.25, 0.3) is 5.91 Å². The van der Waals surface area contributed by atoms with Crippen LogP contribution in [0.5, 0.6) is 0 Å². The fourth-order valence-corrected chi connectivity index (χ4v) is 3.28. The predicted molar refractivity (Wildman–Crippen MR) is 83.8 cm³/mol. The Kier molecular flexibility index (Phi) is 4.60. The summed E-state index contributed by atoms with van der Waals surface area (Å²) in [4.78, 5) is 14.6. The highest BCUT2D eigenvalue weighted by atomic mass is 79.9. The molecule has 2 aliphatic rings. The maximum absolute atomic E-state index is 14.0. The van der Waals surface area contributed by atoms with Crippen LogP contribution in [-0.4, -0.2) is 36.5 Å². The molecule has 3 rings (SSSR count). The van der Waals surface area contributed by atoms with Crippen LogP contribution in [0.1, 0.15) is 36.0 Å². The largest absolute Gasteiger partial charge is 0.335 e. The van der Waals surface area contributed by atoms with Crippen LogP contribution in [0.2, 0.25) is 0 Å². The van der Waals surface area contributed by atoms with E-state index < -0.39 is 5.82 Å². The minimum absolute atomic E-state index is 0.152. The number of hydrogen-bond donors (Lipinski definition) is 1. The fraction of sp³-hybridized carbons (Fsp3) is 0.562. The van der Waals surface area contributed by atoms with Crippen molar-refractivity contribution in [3.8, 4) is 0 Å². The van der Waals surface area contributed by atoms with Crippen molar-refractivity contribution < 1.29 is 9.18 Å². The molecule has 1 N–H and O–H groups in total. The molecule has 1 amide bonds. The molecule has 0 atom stereocenters. The van der Waals surface area contributed by atoms with Gasteiger partial charge in [-0.05, 0) is 62.9 Å². The SMILES string of the molecule is O=C(c1ccc(Br)cc1F)N(CC1CCNCC1)C1CC1. The van der Waals surface area contributed by atoms with Crippen molar-refractivity contribution in [1.29, 1.82) is 0 Å². The van der Waals surface area contributed by atoms with Gasteiger partial charge in [-0.1, -0.05) is 15.9 Å². The quantitative estimate of drug-likeness (QED) is 0.900. The number of halogens is 2. The van der Waals surface area contributed by atoms with Gasteiger partial charge in [0.15, 0.2) is 0 Å². The molecule has 0 unspecified atom stereocenters. The molecular weight excluding hydrogens is 335 g/mol. The first-order valence-electron chi connectivity index (χ1n) is 7.62. The van der Waals surface area contributed by atoms with E-state index in [4.69, 9.17) is 0 Å². The molecule has 2 fully saturated rings. The van der Waals surface area contributed by atoms with Gasteiger partial charge in [-0.25, -0.2) is 4.39 Å². The van der Waals surface area contributed by atoms with Crippen LogP contribution in [-0.2, 0) is 0 Å². The number of benzene rings is 1. The lowest BCUT2D eigenvalue weighted by molar-refractivity contribution is 0.0697. The van der Waals surface area contributed by atoms with Gasteiger partial charge in [0.2, 0.25) is 0 Å². The Bertz CT molecular complexity index is 527. The molecule has 3 nitrogen and oxygen atoms in total. The highest BCUT2D eigenvalue weighted by Gasteiger charge is 2.35. The number of rotatable bonds is 4. The third-order valence-electron chi connectivity index (χ3n) is 4.32. The number of carbonyl (C=O) groups excluding carboxylic acids is 1. The summed E-state index contributed by atoms with van der Waals surface area (Å²) in [6.07, 6.45) is 4.29. The zero-order valence-electron chi connectivity index (χ0n) is 11.9. The molecule has 1 aromatic carbocycles. The molecule has 1 saturated heterocycles. The van der Waals surface area contributed by atoms with Crippen LogP contribution in [0.25, 0.3) is 0 Å². The van der Waals surface area contributed by atoms with E-state index in [2.05, 4.69) is 21.2 Å². The van der Waals surface area contributed by atoms with Crippen molar-refractivity contribution in [2.45, 2.75) is 31.7 Å². The van der Waals surface area contributed by atoms with E-state index in [1.807, 2.05) is 4.90 Å². The lowest BCUT2D eigenvalue weighted by Gasteiger charge is -2.30. The monoisotopic (exact) mass is 354 g/mol. The van der Waals surface area contributed by atoms with E-state index in [1.54, 1.807) is 12.1 Å². The van der Waals surface area contributed by atoms with Crippen molar-refractivity contribution in [1.82, 2.24) is 10.2 Å². The normalized spacial score (nSPS) is 19.5. The first-order chi connectivity index (χ1) is 10.1. The van der Waals surface area contributed by atoms with E-state index in [0.29, 0.717) is 16.4 Å². The summed E-state index contributed by atoms with van der Waals surface area (Å²) in [6.45, 7) is 2.80. The lowest BCUT2D eigenvalue weighted by atomic mass is 9.97. The van der Waals surface area contributed by atoms with Crippen molar-refractivity contribution in [2.24, 2.45) is 5.92 Å². The van der Waals surface area contributed by atoms with E-state index >= 15 is 0 Å². The average molecular weight is 355 g/mol. The molecule has 0 bridgehead atoms. The molecule has 1 aliphatic carbocycles. The van der Waals surface area contributed by atoms with Gasteiger partial charge in [-0.2, -0.15) is 0 Å². The third-order valence-corrected chi connectivity index (χ3v) is 4.82. The molecule has 114 valence electrons. The minimum Gasteiger partial charge on any atom is -0.335 e. The van der Waals surface area contributed by atoms with Crippen molar-refractivity contribution in [3.05, 3.63) is 34.1 Å². The molecule has 1 aromatic rings. The van der Waals surface area contributed by atoms with Crippen LogP contribution in [0.4, 0.5) is 4.39 Å². The Hall–Kier alpha value is -0.940. The van der Waals surface area contributed by atoms with E-state index in [-0.39, 0.29) is 11.5 Å². The number of piperidine rings is 1. The maximum atomic E-state index is 14.0. The first-order valence-corrected chi connectivity index (χ1v) is 8.41. The zero-order chi connectivity index (χ0) is 14.8. The topological polar surface area (TPSA) is 32.3 Å². The molecule has 1 aliphatic heterocycles. The maximum Gasteiger partial charge on any atom is 0.257 e. The predicted octanol–water partition coefficient (Wildman–Crippen LogP) is 3.19. The summed E-state index contributed by atoms with van der Waals surface area (Å²) in [5.74, 6) is -0.0549. The molecule has 5 heteroatoms. The summed E-state index contributed by atoms with van der Waals surface area (Å²) < 4.78 is 14.7. The van der Waals surface area contributed by atoms with Crippen molar-refractivity contribution in [3.63, 3.8) is 0 Å². The van der Waals surface area contributed by atoms with Gasteiger partial charge in [0, 0.05) is 17.1 Å². The number of nitrogens with one attached hydrogen (secondary N) is 1. The Morgan fingerprint density at radius 2 is 2.00 bits per heavy atom. The summed E-state index contributed by atoms with van der Waals surface area (Å²) in [5.41, 5.74) is 0.194. The Morgan fingerprint density at radius 3 is 2.62 bits per heavy atom. The van der Waals surface area contributed by atoms with Crippen molar-refractivity contribution in [2.75, 3.05) is 19.6 Å². The van der Waals surface area contributed by atoms with E-state index in [1.165, 1.54) is 6.07 Å². The van der Waals surface area contributed by atoms with Crippen LogP contribution in [0, 0.1) is 11.7 Å². The van der Waals surface area contributed by atoms with Crippen LogP contribution in [0.3, 0.4) is 0 Å². The Labute approximate surface area is 133 Å². The minimum atomic E-state index is -0.440. The highest BCUT2D eigenvalue weighted by Crippen LogP contribution is 2.31. The summed E-state index contributed by atoms with van der Waals surface area (Å²) in [7, 11) is 0. The summed E-state index contributed by atoms with van der Waals surface area (Å²) >= 11 is 3.23. The molecule has 0 spiro atoms. The Morgan fingerprint density at radius 1 is 1.29 bits per heavy atom. The third kappa shape index (κ3) is 3.64. The smallest absolute Gasteiger partial charge is 0.257 e. The van der Waals surface area contributed by atoms with E-state index in [9.17, 15) is 9.18 Å². The van der Waals surface area contributed by atoms with Crippen LogP contribution in [0.15, 0.2) is 22.7 Å². The molecular formula is C16H20BrFN2O. The van der Waals surface area contributed by atoms with Gasteiger partial charge in [-0.3, -0.25) is 4.79 Å². The fourth-order valence-electron chi connectivity index (χ4n) is 2.94. The second-order valence-electron chi connectivity index (χ2n) is 6.01. The summed E-state index contributed by atoms with van der Waals surface area (Å²) in [6, 6.07) is 4.99. The summed E-state index contributed by atoms with van der Waals surface area (Å²) in [5, 5.41) is 3.34. The standard InChI is InChI=1S/C16H20BrFN2O/c17-12-1-4-14(15(18)9-12)16(21)20(13-2-3-13)10-11-5-7-19-8-6-11/h1,4,9,11,13,19H,2-3,5-8,10H2.